The molecule has 0 unspecified atom stereocenters. The van der Waals surface area contributed by atoms with Crippen LogP contribution in [0.25, 0.3) is 0 Å². The van der Waals surface area contributed by atoms with Crippen molar-refractivity contribution in [1.29, 1.82) is 0 Å². The highest BCUT2D eigenvalue weighted by molar-refractivity contribution is 5.94. The smallest absolute Gasteiger partial charge is 0.407 e. The van der Waals surface area contributed by atoms with Crippen LogP contribution < -0.4 is 10.6 Å². The quantitative estimate of drug-likeness (QED) is 0.378. The molecule has 4 rings (SSSR count). The predicted octanol–water partition coefficient (Wildman–Crippen LogP) is 4.60. The Kier molecular flexibility index (Phi) is 10.2. The molecular formula is C33H43N3O6. The second-order valence-corrected chi connectivity index (χ2v) is 12.3. The lowest BCUT2D eigenvalue weighted by Gasteiger charge is -2.36. The van der Waals surface area contributed by atoms with Crippen LogP contribution in [0.5, 0.6) is 0 Å². The lowest BCUT2D eigenvalue weighted by molar-refractivity contribution is -0.144. The van der Waals surface area contributed by atoms with Gasteiger partial charge < -0.3 is 25.0 Å². The molecule has 2 N–H and O–H groups in total. The number of benzene rings is 2. The third-order valence-electron chi connectivity index (χ3n) is 7.98. The molecule has 9 nitrogen and oxygen atoms in total. The molecule has 1 heterocycles. The van der Waals surface area contributed by atoms with Gasteiger partial charge in [-0.3, -0.25) is 14.4 Å². The number of nitrogens with zero attached hydrogens (tertiary/aromatic N) is 1. The van der Waals surface area contributed by atoms with Crippen molar-refractivity contribution >= 4 is 23.9 Å². The Morgan fingerprint density at radius 1 is 0.976 bits per heavy atom. The van der Waals surface area contributed by atoms with Crippen molar-refractivity contribution in [3.05, 3.63) is 71.3 Å². The van der Waals surface area contributed by atoms with Crippen LogP contribution in [0.1, 0.15) is 80.3 Å². The summed E-state index contributed by atoms with van der Waals surface area (Å²) in [5, 5.41) is 5.91. The van der Waals surface area contributed by atoms with Gasteiger partial charge in [-0.05, 0) is 82.1 Å². The molecule has 1 aliphatic carbocycles. The SMILES string of the molecule is COC(=O)C[C@@H]1C[C@@H](CNC(=O)c2ccc(C3CC(NC(=O)OC(C)(C)C)C3)cc2)N(CCCc2ccccc2)C1=O. The second-order valence-electron chi connectivity index (χ2n) is 12.3. The first kappa shape index (κ1) is 31.1. The number of likely N-dealkylation sites (tertiary alicyclic amines) is 1. The van der Waals surface area contributed by atoms with Crippen molar-refractivity contribution in [2.75, 3.05) is 20.2 Å². The van der Waals surface area contributed by atoms with Crippen molar-refractivity contribution in [3.63, 3.8) is 0 Å². The summed E-state index contributed by atoms with van der Waals surface area (Å²) in [4.78, 5) is 51.9. The molecule has 2 aliphatic rings. The zero-order chi connectivity index (χ0) is 30.3. The number of methoxy groups -OCH3 is 1. The maximum absolute atomic E-state index is 13.2. The van der Waals surface area contributed by atoms with E-state index in [0.717, 1.165) is 31.2 Å². The van der Waals surface area contributed by atoms with Crippen LogP contribution in [0.3, 0.4) is 0 Å². The minimum absolute atomic E-state index is 0.0474. The third-order valence-corrected chi connectivity index (χ3v) is 7.98. The van der Waals surface area contributed by atoms with Crippen molar-refractivity contribution in [1.82, 2.24) is 15.5 Å². The van der Waals surface area contributed by atoms with E-state index in [1.54, 1.807) is 0 Å². The Balaban J connectivity index is 1.28. The summed E-state index contributed by atoms with van der Waals surface area (Å²) < 4.78 is 10.1. The van der Waals surface area contributed by atoms with Gasteiger partial charge >= 0.3 is 12.1 Å². The minimum Gasteiger partial charge on any atom is -0.469 e. The van der Waals surface area contributed by atoms with Gasteiger partial charge in [0.15, 0.2) is 0 Å². The fraction of sp³-hybridized carbons (Fsp3) is 0.515. The molecule has 42 heavy (non-hydrogen) atoms. The van der Waals surface area contributed by atoms with Crippen LogP contribution in [-0.4, -0.2) is 66.7 Å². The molecule has 0 bridgehead atoms. The van der Waals surface area contributed by atoms with Gasteiger partial charge in [-0.2, -0.15) is 0 Å². The number of amides is 3. The Morgan fingerprint density at radius 3 is 2.31 bits per heavy atom. The van der Waals surface area contributed by atoms with E-state index >= 15 is 0 Å². The van der Waals surface area contributed by atoms with Gasteiger partial charge in [0.1, 0.15) is 5.60 Å². The van der Waals surface area contributed by atoms with E-state index in [2.05, 4.69) is 22.8 Å². The Bertz CT molecular complexity index is 1230. The van der Waals surface area contributed by atoms with Crippen LogP contribution in [0.15, 0.2) is 54.6 Å². The lowest BCUT2D eigenvalue weighted by Crippen LogP contribution is -2.45. The molecule has 1 saturated carbocycles. The molecule has 226 valence electrons. The first-order chi connectivity index (χ1) is 20.0. The van der Waals surface area contributed by atoms with Gasteiger partial charge in [0, 0.05) is 30.7 Å². The highest BCUT2D eigenvalue weighted by atomic mass is 16.6. The molecule has 9 heteroatoms. The number of alkyl carbamates (subject to hydrolysis) is 1. The first-order valence-corrected chi connectivity index (χ1v) is 14.8. The zero-order valence-electron chi connectivity index (χ0n) is 25.1. The molecule has 0 aromatic heterocycles. The number of rotatable bonds is 11. The number of carbonyl (C=O) groups is 4. The van der Waals surface area contributed by atoms with Crippen LogP contribution >= 0.6 is 0 Å². The normalized spacial score (nSPS) is 21.8. The Morgan fingerprint density at radius 2 is 1.67 bits per heavy atom. The zero-order valence-corrected chi connectivity index (χ0v) is 25.1. The number of ether oxygens (including phenoxy) is 2. The highest BCUT2D eigenvalue weighted by Crippen LogP contribution is 2.37. The van der Waals surface area contributed by atoms with Gasteiger partial charge in [0.2, 0.25) is 5.91 Å². The van der Waals surface area contributed by atoms with E-state index in [1.165, 1.54) is 12.7 Å². The molecule has 0 spiro atoms. The van der Waals surface area contributed by atoms with Crippen molar-refractivity contribution < 1.29 is 28.7 Å². The predicted molar refractivity (Wildman–Crippen MR) is 159 cm³/mol. The van der Waals surface area contributed by atoms with E-state index in [-0.39, 0.29) is 30.3 Å². The summed E-state index contributed by atoms with van der Waals surface area (Å²) in [6, 6.07) is 17.6. The molecule has 2 aromatic carbocycles. The molecule has 2 fully saturated rings. The topological polar surface area (TPSA) is 114 Å². The molecule has 2 atom stereocenters. The fourth-order valence-corrected chi connectivity index (χ4v) is 5.71. The molecule has 2 aromatic rings. The third kappa shape index (κ3) is 8.57. The van der Waals surface area contributed by atoms with E-state index in [1.807, 2.05) is 68.1 Å². The molecule has 3 amide bonds. The number of aryl methyl sites for hydroxylation is 1. The lowest BCUT2D eigenvalue weighted by atomic mass is 9.76. The molecule has 1 saturated heterocycles. The fourth-order valence-electron chi connectivity index (χ4n) is 5.71. The van der Waals surface area contributed by atoms with Crippen LogP contribution in [0.2, 0.25) is 0 Å². The van der Waals surface area contributed by atoms with Crippen LogP contribution in [0, 0.1) is 5.92 Å². The van der Waals surface area contributed by atoms with Gasteiger partial charge in [0.25, 0.3) is 5.91 Å². The summed E-state index contributed by atoms with van der Waals surface area (Å²) in [6.07, 6.45) is 3.44. The van der Waals surface area contributed by atoms with Crippen LogP contribution in [0.4, 0.5) is 4.79 Å². The average Bonchev–Trinajstić information content (AvgIpc) is 3.22. The summed E-state index contributed by atoms with van der Waals surface area (Å²) in [5.74, 6) is -0.778. The summed E-state index contributed by atoms with van der Waals surface area (Å²) in [5.41, 5.74) is 2.36. The first-order valence-electron chi connectivity index (χ1n) is 14.8. The van der Waals surface area contributed by atoms with Gasteiger partial charge in [-0.1, -0.05) is 42.5 Å². The summed E-state index contributed by atoms with van der Waals surface area (Å²) in [6.45, 7) is 6.40. The van der Waals surface area contributed by atoms with Crippen molar-refractivity contribution in [2.24, 2.45) is 5.92 Å². The summed E-state index contributed by atoms with van der Waals surface area (Å²) in [7, 11) is 1.33. The van der Waals surface area contributed by atoms with Gasteiger partial charge in [-0.15, -0.1) is 0 Å². The van der Waals surface area contributed by atoms with Crippen molar-refractivity contribution in [2.45, 2.75) is 82.9 Å². The highest BCUT2D eigenvalue weighted by Gasteiger charge is 2.40. The van der Waals surface area contributed by atoms with Gasteiger partial charge in [0.05, 0.1) is 19.4 Å². The number of carbonyl (C=O) groups excluding carboxylic acids is 4. The van der Waals surface area contributed by atoms with E-state index < -0.39 is 23.6 Å². The number of hydrogen-bond donors (Lipinski definition) is 2. The van der Waals surface area contributed by atoms with Crippen LogP contribution in [-0.2, 0) is 25.5 Å². The van der Waals surface area contributed by atoms with E-state index in [9.17, 15) is 19.2 Å². The van der Waals surface area contributed by atoms with E-state index in [4.69, 9.17) is 9.47 Å². The standard InChI is InChI=1S/C33H43N3O6/c1-33(2,3)42-32(40)35-27-17-25(18-27)23-12-14-24(15-13-23)30(38)34-21-28-19-26(20-29(37)41-4)31(39)36(28)16-8-11-22-9-6-5-7-10-22/h5-7,9-10,12-15,25-28H,8,11,16-21H2,1-4H3,(H,34,38)(H,35,40)/t25?,26-,27?,28-/m0/s1. The second kappa shape index (κ2) is 13.9. The van der Waals surface area contributed by atoms with E-state index in [0.29, 0.717) is 31.0 Å². The maximum atomic E-state index is 13.2. The molecular weight excluding hydrogens is 534 g/mol. The monoisotopic (exact) mass is 577 g/mol. The number of esters is 1. The number of hydrogen-bond acceptors (Lipinski definition) is 6. The number of nitrogens with one attached hydrogen (secondary N) is 2. The average molecular weight is 578 g/mol. The van der Waals surface area contributed by atoms with Crippen molar-refractivity contribution in [3.8, 4) is 0 Å². The molecule has 1 aliphatic heterocycles. The maximum Gasteiger partial charge on any atom is 0.407 e. The van der Waals surface area contributed by atoms with Gasteiger partial charge in [-0.25, -0.2) is 4.79 Å². The minimum atomic E-state index is -0.525. The molecule has 0 radical (unpaired) electrons. The largest absolute Gasteiger partial charge is 0.469 e. The Labute approximate surface area is 248 Å². The Hall–Kier alpha value is -3.88. The summed E-state index contributed by atoms with van der Waals surface area (Å²) >= 11 is 0.